The predicted molar refractivity (Wildman–Crippen MR) is 113 cm³/mol. The van der Waals surface area contributed by atoms with Gasteiger partial charge >= 0.3 is 0 Å². The van der Waals surface area contributed by atoms with Gasteiger partial charge in [0.05, 0.1) is 23.9 Å². The van der Waals surface area contributed by atoms with Crippen LogP contribution < -0.4 is 10.8 Å². The Morgan fingerprint density at radius 1 is 1.34 bits per heavy atom. The number of aromatic amines is 1. The van der Waals surface area contributed by atoms with Gasteiger partial charge in [-0.3, -0.25) is 19.9 Å². The molecule has 0 spiro atoms. The Bertz CT molecular complexity index is 1210. The lowest BCUT2D eigenvalue weighted by molar-refractivity contribution is -0.118. The highest BCUT2D eigenvalue weighted by atomic mass is 79.9. The van der Waals surface area contributed by atoms with Crippen molar-refractivity contribution in [3.05, 3.63) is 64.1 Å². The number of fused-ring (bicyclic) bond motifs is 1. The standard InChI is InChI=1S/C19H17BrN6O2S/c1-11-16-17(21)26(13-6-4-12(20)5-7-13)19(23-18(16)25-24-11)29-10-15(27)22-9-14-3-2-8-28-14/h2-8,21H,9-10H2,1H3,(H,22,27)(H,24,25). The van der Waals surface area contributed by atoms with Crippen molar-refractivity contribution in [2.24, 2.45) is 0 Å². The van der Waals surface area contributed by atoms with Crippen molar-refractivity contribution in [1.82, 2.24) is 25.1 Å². The summed E-state index contributed by atoms with van der Waals surface area (Å²) in [6.07, 6.45) is 1.57. The summed E-state index contributed by atoms with van der Waals surface area (Å²) in [5, 5.41) is 19.8. The average Bonchev–Trinajstić information content (AvgIpc) is 3.36. The minimum atomic E-state index is -0.152. The molecule has 0 bridgehead atoms. The molecule has 0 radical (unpaired) electrons. The van der Waals surface area contributed by atoms with Crippen LogP contribution in [0.1, 0.15) is 11.5 Å². The molecule has 0 aliphatic heterocycles. The number of H-pyrrole nitrogens is 1. The van der Waals surface area contributed by atoms with Gasteiger partial charge in [-0.25, -0.2) is 4.98 Å². The molecule has 4 rings (SSSR count). The second kappa shape index (κ2) is 8.26. The number of carbonyl (C=O) groups excluding carboxylic acids is 1. The zero-order chi connectivity index (χ0) is 20.4. The molecule has 0 atom stereocenters. The smallest absolute Gasteiger partial charge is 0.230 e. The Kier molecular flexibility index (Phi) is 5.54. The number of rotatable bonds is 6. The molecular formula is C19H17BrN6O2S. The van der Waals surface area contributed by atoms with Gasteiger partial charge in [0.15, 0.2) is 10.8 Å². The van der Waals surface area contributed by atoms with Crippen LogP contribution in [0.2, 0.25) is 0 Å². The Hall–Kier alpha value is -2.85. The Morgan fingerprint density at radius 2 is 2.14 bits per heavy atom. The fourth-order valence-corrected chi connectivity index (χ4v) is 3.94. The second-order valence-electron chi connectivity index (χ2n) is 6.25. The summed E-state index contributed by atoms with van der Waals surface area (Å²) in [7, 11) is 0. The molecule has 0 aliphatic carbocycles. The van der Waals surface area contributed by atoms with Crippen LogP contribution in [0.3, 0.4) is 0 Å². The van der Waals surface area contributed by atoms with E-state index in [-0.39, 0.29) is 17.1 Å². The van der Waals surface area contributed by atoms with Crippen molar-refractivity contribution in [2.45, 2.75) is 18.6 Å². The van der Waals surface area contributed by atoms with E-state index in [2.05, 4.69) is 36.4 Å². The van der Waals surface area contributed by atoms with Crippen LogP contribution >= 0.6 is 27.7 Å². The molecule has 148 valence electrons. The molecule has 0 aliphatic rings. The van der Waals surface area contributed by atoms with E-state index < -0.39 is 0 Å². The van der Waals surface area contributed by atoms with Gasteiger partial charge in [0, 0.05) is 15.9 Å². The molecule has 3 heterocycles. The normalized spacial score (nSPS) is 11.1. The van der Waals surface area contributed by atoms with Gasteiger partial charge in [-0.1, -0.05) is 27.7 Å². The lowest BCUT2D eigenvalue weighted by Gasteiger charge is -2.13. The maximum absolute atomic E-state index is 12.3. The van der Waals surface area contributed by atoms with Gasteiger partial charge in [0.25, 0.3) is 0 Å². The van der Waals surface area contributed by atoms with E-state index in [1.807, 2.05) is 31.2 Å². The maximum Gasteiger partial charge on any atom is 0.230 e. The van der Waals surface area contributed by atoms with Gasteiger partial charge in [-0.15, -0.1) is 0 Å². The summed E-state index contributed by atoms with van der Waals surface area (Å²) >= 11 is 4.68. The van der Waals surface area contributed by atoms with Crippen LogP contribution in [-0.4, -0.2) is 31.4 Å². The van der Waals surface area contributed by atoms with E-state index in [4.69, 9.17) is 9.83 Å². The number of carbonyl (C=O) groups is 1. The van der Waals surface area contributed by atoms with E-state index in [0.717, 1.165) is 15.9 Å². The minimum absolute atomic E-state index is 0.151. The predicted octanol–water partition coefficient (Wildman–Crippen LogP) is 3.30. The number of nitrogens with zero attached hydrogens (tertiary/aromatic N) is 3. The van der Waals surface area contributed by atoms with Gasteiger partial charge in [0.2, 0.25) is 5.91 Å². The highest BCUT2D eigenvalue weighted by molar-refractivity contribution is 9.10. The first-order valence-corrected chi connectivity index (χ1v) is 10.5. The Labute approximate surface area is 178 Å². The van der Waals surface area contributed by atoms with Crippen LogP contribution in [0.5, 0.6) is 0 Å². The molecule has 0 saturated heterocycles. The lowest BCUT2D eigenvalue weighted by Crippen LogP contribution is -2.26. The van der Waals surface area contributed by atoms with Crippen LogP contribution in [0, 0.1) is 12.3 Å². The molecule has 29 heavy (non-hydrogen) atoms. The summed E-state index contributed by atoms with van der Waals surface area (Å²) in [4.78, 5) is 16.9. The molecule has 4 aromatic rings. The van der Waals surface area contributed by atoms with Crippen molar-refractivity contribution in [2.75, 3.05) is 5.75 Å². The summed E-state index contributed by atoms with van der Waals surface area (Å²) < 4.78 is 7.88. The molecule has 10 heteroatoms. The largest absolute Gasteiger partial charge is 0.467 e. The molecule has 8 nitrogen and oxygen atoms in total. The number of hydrogen-bond donors (Lipinski definition) is 3. The number of hydrogen-bond acceptors (Lipinski definition) is 6. The van der Waals surface area contributed by atoms with Crippen molar-refractivity contribution < 1.29 is 9.21 Å². The first-order chi connectivity index (χ1) is 14.0. The zero-order valence-electron chi connectivity index (χ0n) is 15.4. The molecule has 0 fully saturated rings. The zero-order valence-corrected chi connectivity index (χ0v) is 17.8. The van der Waals surface area contributed by atoms with Gasteiger partial charge in [-0.05, 0) is 43.3 Å². The number of furan rings is 1. The van der Waals surface area contributed by atoms with Crippen molar-refractivity contribution in [3.63, 3.8) is 0 Å². The monoisotopic (exact) mass is 472 g/mol. The van der Waals surface area contributed by atoms with Crippen LogP contribution in [0.4, 0.5) is 0 Å². The van der Waals surface area contributed by atoms with Gasteiger partial charge < -0.3 is 9.73 Å². The summed E-state index contributed by atoms with van der Waals surface area (Å²) in [6.45, 7) is 2.18. The second-order valence-corrected chi connectivity index (χ2v) is 8.10. The SMILES string of the molecule is Cc1[nH]nc2nc(SCC(=O)NCc3ccco3)n(-c3ccc(Br)cc3)c(=N)c12. The molecule has 0 unspecified atom stereocenters. The maximum atomic E-state index is 12.3. The third-order valence-corrected chi connectivity index (χ3v) is 5.71. The highest BCUT2D eigenvalue weighted by Crippen LogP contribution is 2.22. The minimum Gasteiger partial charge on any atom is -0.467 e. The van der Waals surface area contributed by atoms with Crippen molar-refractivity contribution in [1.29, 1.82) is 5.41 Å². The van der Waals surface area contributed by atoms with Crippen LogP contribution in [0.25, 0.3) is 16.7 Å². The number of amides is 1. The molecular weight excluding hydrogens is 456 g/mol. The highest BCUT2D eigenvalue weighted by Gasteiger charge is 2.16. The quantitative estimate of drug-likeness (QED) is 0.294. The molecule has 1 amide bonds. The third kappa shape index (κ3) is 4.13. The topological polar surface area (TPSA) is 113 Å². The Balaban J connectivity index is 1.63. The number of aryl methyl sites for hydroxylation is 1. The number of thioether (sulfide) groups is 1. The van der Waals surface area contributed by atoms with Crippen molar-refractivity contribution in [3.8, 4) is 5.69 Å². The van der Waals surface area contributed by atoms with Crippen molar-refractivity contribution >= 4 is 44.6 Å². The van der Waals surface area contributed by atoms with Gasteiger partial charge in [-0.2, -0.15) is 5.10 Å². The van der Waals surface area contributed by atoms with E-state index >= 15 is 0 Å². The number of nitrogens with one attached hydrogen (secondary N) is 3. The van der Waals surface area contributed by atoms with Crippen LogP contribution in [0.15, 0.2) is 56.7 Å². The third-order valence-electron chi connectivity index (χ3n) is 4.24. The van der Waals surface area contributed by atoms with Gasteiger partial charge in [0.1, 0.15) is 11.2 Å². The Morgan fingerprint density at radius 3 is 2.86 bits per heavy atom. The average molecular weight is 473 g/mol. The molecule has 1 aromatic carbocycles. The van der Waals surface area contributed by atoms with E-state index in [1.165, 1.54) is 11.8 Å². The summed E-state index contributed by atoms with van der Waals surface area (Å²) in [5.74, 6) is 0.687. The molecule has 0 saturated carbocycles. The van der Waals surface area contributed by atoms with Crippen LogP contribution in [-0.2, 0) is 11.3 Å². The molecule has 3 N–H and O–H groups in total. The van der Waals surface area contributed by atoms with E-state index in [1.54, 1.807) is 23.0 Å². The fraction of sp³-hybridized carbons (Fsp3) is 0.158. The summed E-state index contributed by atoms with van der Waals surface area (Å²) in [6, 6.07) is 11.2. The number of aromatic nitrogens is 4. The van der Waals surface area contributed by atoms with E-state index in [0.29, 0.717) is 28.5 Å². The summed E-state index contributed by atoms with van der Waals surface area (Å²) in [5.41, 5.74) is 2.28. The number of halogens is 1. The fourth-order valence-electron chi connectivity index (χ4n) is 2.84. The first-order valence-electron chi connectivity index (χ1n) is 8.73. The lowest BCUT2D eigenvalue weighted by atomic mass is 10.3. The van der Waals surface area contributed by atoms with E-state index in [9.17, 15) is 4.79 Å². The molecule has 3 aromatic heterocycles. The number of benzene rings is 1. The first kappa shape index (κ1) is 19.5.